The highest BCUT2D eigenvalue weighted by atomic mass is 35.5. The van der Waals surface area contributed by atoms with Gasteiger partial charge in [0.2, 0.25) is 0 Å². The van der Waals surface area contributed by atoms with E-state index in [1.54, 1.807) is 4.90 Å². The summed E-state index contributed by atoms with van der Waals surface area (Å²) in [6.45, 7) is 5.40. The third-order valence-electron chi connectivity index (χ3n) is 4.39. The molecule has 0 unspecified atom stereocenters. The van der Waals surface area contributed by atoms with Crippen molar-refractivity contribution in [3.63, 3.8) is 0 Å². The Hall–Kier alpha value is -1.95. The maximum Gasteiger partial charge on any atom is 0.407 e. The monoisotopic (exact) mass is 368 g/mol. The van der Waals surface area contributed by atoms with Gasteiger partial charge in [0.05, 0.1) is 5.88 Å². The lowest BCUT2D eigenvalue weighted by Crippen LogP contribution is -2.47. The highest BCUT2D eigenvalue weighted by Crippen LogP contribution is 2.20. The van der Waals surface area contributed by atoms with Crippen LogP contribution >= 0.6 is 11.6 Å². The molecule has 0 saturated carbocycles. The standard InChI is InChI=1S/C18H25ClN2O4/c1-13-4-3-5-16(14(13)2)25-12-17(22)21-9-6-15(7-10-21)20-18(23)24-11-8-19/h3-5,15H,6-12H2,1-2H3,(H,20,23). The van der Waals surface area contributed by atoms with Crippen LogP contribution in [0.2, 0.25) is 0 Å². The third kappa shape index (κ3) is 5.81. The van der Waals surface area contributed by atoms with Gasteiger partial charge in [-0.25, -0.2) is 4.79 Å². The van der Waals surface area contributed by atoms with Crippen LogP contribution in [0.3, 0.4) is 0 Å². The van der Waals surface area contributed by atoms with Crippen LogP contribution in [0.1, 0.15) is 24.0 Å². The van der Waals surface area contributed by atoms with Gasteiger partial charge in [-0.1, -0.05) is 12.1 Å². The molecule has 0 atom stereocenters. The molecule has 0 spiro atoms. The Labute approximate surface area is 153 Å². The predicted octanol–water partition coefficient (Wildman–Crippen LogP) is 2.64. The summed E-state index contributed by atoms with van der Waals surface area (Å²) in [7, 11) is 0. The number of ether oxygens (including phenoxy) is 2. The first kappa shape index (κ1) is 19.4. The van der Waals surface area contributed by atoms with Crippen molar-refractivity contribution in [2.24, 2.45) is 0 Å². The maximum absolute atomic E-state index is 12.3. The van der Waals surface area contributed by atoms with E-state index in [1.807, 2.05) is 32.0 Å². The fraction of sp³-hybridized carbons (Fsp3) is 0.556. The SMILES string of the molecule is Cc1cccc(OCC(=O)N2CCC(NC(=O)OCCCl)CC2)c1C. The summed E-state index contributed by atoms with van der Waals surface area (Å²) in [5.74, 6) is 0.983. The van der Waals surface area contributed by atoms with Crippen molar-refractivity contribution in [3.05, 3.63) is 29.3 Å². The van der Waals surface area contributed by atoms with E-state index in [0.717, 1.165) is 16.9 Å². The number of carbonyl (C=O) groups excluding carboxylic acids is 2. The van der Waals surface area contributed by atoms with E-state index in [1.165, 1.54) is 0 Å². The molecule has 6 nitrogen and oxygen atoms in total. The van der Waals surface area contributed by atoms with Gasteiger partial charge in [-0.2, -0.15) is 0 Å². The van der Waals surface area contributed by atoms with Gasteiger partial charge in [0, 0.05) is 19.1 Å². The number of carbonyl (C=O) groups is 2. The van der Waals surface area contributed by atoms with Crippen LogP contribution < -0.4 is 10.1 Å². The Morgan fingerprint density at radius 1 is 1.28 bits per heavy atom. The molecule has 1 aliphatic rings. The summed E-state index contributed by atoms with van der Waals surface area (Å²) < 4.78 is 10.6. The van der Waals surface area contributed by atoms with Crippen molar-refractivity contribution >= 4 is 23.6 Å². The van der Waals surface area contributed by atoms with E-state index >= 15 is 0 Å². The summed E-state index contributed by atoms with van der Waals surface area (Å²) in [4.78, 5) is 25.6. The average molecular weight is 369 g/mol. The number of hydrogen-bond acceptors (Lipinski definition) is 4. The molecule has 2 rings (SSSR count). The van der Waals surface area contributed by atoms with E-state index in [2.05, 4.69) is 5.32 Å². The molecule has 0 radical (unpaired) electrons. The van der Waals surface area contributed by atoms with Crippen LogP contribution in [0.4, 0.5) is 4.79 Å². The largest absolute Gasteiger partial charge is 0.483 e. The van der Waals surface area contributed by atoms with Gasteiger partial charge < -0.3 is 19.7 Å². The fourth-order valence-electron chi connectivity index (χ4n) is 2.72. The molecule has 1 fully saturated rings. The van der Waals surface area contributed by atoms with Crippen LogP contribution in [0, 0.1) is 13.8 Å². The van der Waals surface area contributed by atoms with Crippen molar-refractivity contribution in [3.8, 4) is 5.75 Å². The normalized spacial score (nSPS) is 14.9. The molecule has 1 saturated heterocycles. The van der Waals surface area contributed by atoms with Crippen LogP contribution in [-0.2, 0) is 9.53 Å². The van der Waals surface area contributed by atoms with E-state index in [-0.39, 0.29) is 31.0 Å². The van der Waals surface area contributed by atoms with Crippen LogP contribution in [-0.4, -0.2) is 55.1 Å². The zero-order valence-electron chi connectivity index (χ0n) is 14.7. The highest BCUT2D eigenvalue weighted by Gasteiger charge is 2.24. The summed E-state index contributed by atoms with van der Waals surface area (Å²) in [6, 6.07) is 5.83. The van der Waals surface area contributed by atoms with E-state index < -0.39 is 6.09 Å². The lowest BCUT2D eigenvalue weighted by atomic mass is 10.1. The topological polar surface area (TPSA) is 67.9 Å². The number of rotatable bonds is 6. The fourth-order valence-corrected chi connectivity index (χ4v) is 2.80. The molecule has 25 heavy (non-hydrogen) atoms. The highest BCUT2D eigenvalue weighted by molar-refractivity contribution is 6.18. The lowest BCUT2D eigenvalue weighted by molar-refractivity contribution is -0.134. The molecular formula is C18H25ClN2O4. The van der Waals surface area contributed by atoms with Gasteiger partial charge in [-0.3, -0.25) is 4.79 Å². The minimum absolute atomic E-state index is 0.0202. The third-order valence-corrected chi connectivity index (χ3v) is 4.54. The number of halogens is 1. The Balaban J connectivity index is 1.74. The number of aryl methyl sites for hydroxylation is 1. The molecule has 1 aliphatic heterocycles. The van der Waals surface area contributed by atoms with Gasteiger partial charge in [-0.05, 0) is 43.9 Å². The number of alkyl carbamates (subject to hydrolysis) is 1. The molecule has 1 N–H and O–H groups in total. The number of likely N-dealkylation sites (tertiary alicyclic amines) is 1. The second-order valence-corrected chi connectivity index (χ2v) is 6.49. The van der Waals surface area contributed by atoms with Gasteiger partial charge in [-0.15, -0.1) is 11.6 Å². The van der Waals surface area contributed by atoms with Crippen LogP contribution in [0.5, 0.6) is 5.75 Å². The minimum atomic E-state index is -0.455. The average Bonchev–Trinajstić information content (AvgIpc) is 2.61. The number of nitrogens with zero attached hydrogens (tertiary/aromatic N) is 1. The molecular weight excluding hydrogens is 344 g/mol. The van der Waals surface area contributed by atoms with Crippen molar-refractivity contribution in [1.82, 2.24) is 10.2 Å². The molecule has 1 aromatic carbocycles. The summed E-state index contributed by atoms with van der Waals surface area (Å²) in [6.07, 6.45) is 0.944. The van der Waals surface area contributed by atoms with Crippen molar-refractivity contribution in [1.29, 1.82) is 0 Å². The molecule has 1 heterocycles. The molecule has 2 amide bonds. The summed E-state index contributed by atoms with van der Waals surface area (Å²) >= 11 is 5.47. The number of nitrogens with one attached hydrogen (secondary N) is 1. The Morgan fingerprint density at radius 3 is 2.68 bits per heavy atom. The summed E-state index contributed by atoms with van der Waals surface area (Å²) in [5.41, 5.74) is 2.19. The van der Waals surface area contributed by atoms with Gasteiger partial charge in [0.25, 0.3) is 5.91 Å². The first-order valence-corrected chi connectivity index (χ1v) is 9.00. The lowest BCUT2D eigenvalue weighted by Gasteiger charge is -2.32. The molecule has 0 aliphatic carbocycles. The van der Waals surface area contributed by atoms with Crippen molar-refractivity contribution in [2.75, 3.05) is 32.2 Å². The minimum Gasteiger partial charge on any atom is -0.483 e. The smallest absolute Gasteiger partial charge is 0.407 e. The quantitative estimate of drug-likeness (QED) is 0.784. The second kappa shape index (κ2) is 9.51. The Kier molecular flexibility index (Phi) is 7.37. The number of hydrogen-bond donors (Lipinski definition) is 1. The Morgan fingerprint density at radius 2 is 2.00 bits per heavy atom. The molecule has 0 aromatic heterocycles. The molecule has 7 heteroatoms. The second-order valence-electron chi connectivity index (χ2n) is 6.11. The maximum atomic E-state index is 12.3. The van der Waals surface area contributed by atoms with Gasteiger partial charge in [0.15, 0.2) is 6.61 Å². The first-order chi connectivity index (χ1) is 12.0. The van der Waals surface area contributed by atoms with Crippen molar-refractivity contribution < 1.29 is 19.1 Å². The molecule has 1 aromatic rings. The zero-order chi connectivity index (χ0) is 18.2. The van der Waals surface area contributed by atoms with E-state index in [4.69, 9.17) is 21.1 Å². The molecule has 138 valence electrons. The molecule has 0 bridgehead atoms. The van der Waals surface area contributed by atoms with Gasteiger partial charge in [0.1, 0.15) is 12.4 Å². The van der Waals surface area contributed by atoms with Gasteiger partial charge >= 0.3 is 6.09 Å². The summed E-state index contributed by atoms with van der Waals surface area (Å²) in [5, 5.41) is 2.80. The Bertz CT molecular complexity index is 601. The number of piperidine rings is 1. The predicted molar refractivity (Wildman–Crippen MR) is 96.2 cm³/mol. The number of alkyl halides is 1. The van der Waals surface area contributed by atoms with Crippen LogP contribution in [0.15, 0.2) is 18.2 Å². The van der Waals surface area contributed by atoms with Crippen molar-refractivity contribution in [2.45, 2.75) is 32.7 Å². The number of benzene rings is 1. The van der Waals surface area contributed by atoms with E-state index in [9.17, 15) is 9.59 Å². The van der Waals surface area contributed by atoms with Crippen LogP contribution in [0.25, 0.3) is 0 Å². The first-order valence-electron chi connectivity index (χ1n) is 8.47. The van der Waals surface area contributed by atoms with E-state index in [0.29, 0.717) is 25.9 Å². The zero-order valence-corrected chi connectivity index (χ0v) is 15.5. The number of amides is 2.